The molecule has 0 radical (unpaired) electrons. The molecule has 2 saturated heterocycles. The molecule has 2 fully saturated rings. The number of rotatable bonds is 7. The lowest BCUT2D eigenvalue weighted by Gasteiger charge is -2.35. The number of carbonyl (C=O) groups is 3. The van der Waals surface area contributed by atoms with E-state index in [1.54, 1.807) is 30.5 Å². The van der Waals surface area contributed by atoms with E-state index < -0.39 is 0 Å². The number of anilines is 1. The minimum Gasteiger partial charge on any atom is -0.466 e. The lowest BCUT2D eigenvalue weighted by atomic mass is 9.97. The van der Waals surface area contributed by atoms with Gasteiger partial charge < -0.3 is 19.4 Å². The summed E-state index contributed by atoms with van der Waals surface area (Å²) in [5.41, 5.74) is 3.63. The minimum atomic E-state index is -0.257. The van der Waals surface area contributed by atoms with E-state index in [-0.39, 0.29) is 23.7 Å². The SMILES string of the molecule is CCOC(=O)C1CCCN(C(=O)c2cccc(CSc3nc(C)c(C)c(N4CCN(C(C)=O)CC4)n3)c2)C1. The molecule has 0 N–H and O–H groups in total. The Bertz CT molecular complexity index is 1180. The van der Waals surface area contributed by atoms with Gasteiger partial charge in [-0.3, -0.25) is 14.4 Å². The van der Waals surface area contributed by atoms with Crippen molar-refractivity contribution in [2.75, 3.05) is 50.8 Å². The Labute approximate surface area is 228 Å². The van der Waals surface area contributed by atoms with Gasteiger partial charge in [-0.2, -0.15) is 0 Å². The van der Waals surface area contributed by atoms with E-state index in [0.29, 0.717) is 49.3 Å². The molecule has 1 aromatic heterocycles. The number of nitrogens with zero attached hydrogens (tertiary/aromatic N) is 5. The quantitative estimate of drug-likeness (QED) is 0.300. The average molecular weight is 540 g/mol. The summed E-state index contributed by atoms with van der Waals surface area (Å²) in [7, 11) is 0. The third kappa shape index (κ3) is 6.64. The maximum atomic E-state index is 13.2. The zero-order valence-electron chi connectivity index (χ0n) is 22.7. The first-order chi connectivity index (χ1) is 18.3. The fourth-order valence-electron chi connectivity index (χ4n) is 4.93. The van der Waals surface area contributed by atoms with Gasteiger partial charge in [-0.1, -0.05) is 23.9 Å². The third-order valence-corrected chi connectivity index (χ3v) is 8.16. The van der Waals surface area contributed by atoms with E-state index in [1.165, 1.54) is 0 Å². The standard InChI is InChI=1S/C28H37N5O4S/c1-5-37-27(36)24-10-7-11-33(17-24)26(35)23-9-6-8-22(16-23)18-38-28-29-20(3)19(2)25(30-28)32-14-12-31(13-15-32)21(4)34/h6,8-9,16,24H,5,7,10-15,17-18H2,1-4H3. The van der Waals surface area contributed by atoms with Gasteiger partial charge in [-0.15, -0.1) is 0 Å². The van der Waals surface area contributed by atoms with Crippen LogP contribution >= 0.6 is 11.8 Å². The van der Waals surface area contributed by atoms with Crippen LogP contribution < -0.4 is 4.90 Å². The number of aromatic nitrogens is 2. The molecule has 9 nitrogen and oxygen atoms in total. The fourth-order valence-corrected chi connectivity index (χ4v) is 5.76. The Morgan fingerprint density at radius 1 is 1.05 bits per heavy atom. The lowest BCUT2D eigenvalue weighted by Crippen LogP contribution is -2.48. The zero-order valence-corrected chi connectivity index (χ0v) is 23.6. The van der Waals surface area contributed by atoms with Gasteiger partial charge >= 0.3 is 5.97 Å². The summed E-state index contributed by atoms with van der Waals surface area (Å²) in [5.74, 6) is 1.13. The van der Waals surface area contributed by atoms with Crippen LogP contribution in [0.4, 0.5) is 5.82 Å². The van der Waals surface area contributed by atoms with Crippen LogP contribution in [0, 0.1) is 19.8 Å². The molecule has 1 unspecified atom stereocenters. The molecule has 2 aromatic rings. The maximum absolute atomic E-state index is 13.2. The number of amides is 2. The third-order valence-electron chi connectivity index (χ3n) is 7.24. The second-order valence-corrected chi connectivity index (χ2v) is 10.8. The van der Waals surface area contributed by atoms with Crippen LogP contribution in [-0.2, 0) is 20.1 Å². The summed E-state index contributed by atoms with van der Waals surface area (Å²) in [6.07, 6.45) is 1.55. The number of ether oxygens (including phenoxy) is 1. The summed E-state index contributed by atoms with van der Waals surface area (Å²) in [5, 5.41) is 0.696. The van der Waals surface area contributed by atoms with E-state index in [0.717, 1.165) is 48.6 Å². The molecule has 38 heavy (non-hydrogen) atoms. The number of carbonyl (C=O) groups excluding carboxylic acids is 3. The number of benzene rings is 1. The van der Waals surface area contributed by atoms with Gasteiger partial charge in [-0.25, -0.2) is 9.97 Å². The second kappa shape index (κ2) is 12.6. The predicted molar refractivity (Wildman–Crippen MR) is 147 cm³/mol. The van der Waals surface area contributed by atoms with Crippen LogP contribution in [0.5, 0.6) is 0 Å². The van der Waals surface area contributed by atoms with Crippen molar-refractivity contribution in [3.8, 4) is 0 Å². The van der Waals surface area contributed by atoms with Gasteiger partial charge in [0.1, 0.15) is 5.82 Å². The summed E-state index contributed by atoms with van der Waals surface area (Å²) in [6.45, 7) is 11.7. The van der Waals surface area contributed by atoms with E-state index in [2.05, 4.69) is 4.90 Å². The van der Waals surface area contributed by atoms with Crippen molar-refractivity contribution in [3.05, 3.63) is 46.6 Å². The molecule has 0 bridgehead atoms. The van der Waals surface area contributed by atoms with Gasteiger partial charge in [0.05, 0.1) is 12.5 Å². The molecular formula is C28H37N5O4S. The highest BCUT2D eigenvalue weighted by molar-refractivity contribution is 7.98. The highest BCUT2D eigenvalue weighted by atomic mass is 32.2. The van der Waals surface area contributed by atoms with Crippen LogP contribution in [-0.4, -0.2) is 83.4 Å². The lowest BCUT2D eigenvalue weighted by molar-refractivity contribution is -0.149. The van der Waals surface area contributed by atoms with Crippen molar-refractivity contribution >= 4 is 35.4 Å². The van der Waals surface area contributed by atoms with Crippen LogP contribution in [0.3, 0.4) is 0 Å². The van der Waals surface area contributed by atoms with E-state index in [1.807, 2.05) is 43.0 Å². The summed E-state index contributed by atoms with van der Waals surface area (Å²) in [6, 6.07) is 7.66. The van der Waals surface area contributed by atoms with E-state index >= 15 is 0 Å². The molecule has 0 saturated carbocycles. The number of thioether (sulfide) groups is 1. The molecule has 10 heteroatoms. The number of likely N-dealkylation sites (tertiary alicyclic amines) is 1. The molecule has 2 amide bonds. The van der Waals surface area contributed by atoms with Gasteiger partial charge in [0.25, 0.3) is 5.91 Å². The van der Waals surface area contributed by atoms with Crippen LogP contribution in [0.15, 0.2) is 29.4 Å². The Morgan fingerprint density at radius 3 is 2.53 bits per heavy atom. The van der Waals surface area contributed by atoms with E-state index in [9.17, 15) is 14.4 Å². The summed E-state index contributed by atoms with van der Waals surface area (Å²) in [4.78, 5) is 52.6. The zero-order chi connectivity index (χ0) is 27.2. The Hall–Kier alpha value is -3.14. The second-order valence-electron chi connectivity index (χ2n) is 9.86. The first-order valence-electron chi connectivity index (χ1n) is 13.3. The number of hydrogen-bond donors (Lipinski definition) is 0. The number of piperidine rings is 1. The first-order valence-corrected chi connectivity index (χ1v) is 14.3. The van der Waals surface area contributed by atoms with Crippen molar-refractivity contribution in [2.45, 2.75) is 51.4 Å². The van der Waals surface area contributed by atoms with Crippen molar-refractivity contribution in [2.24, 2.45) is 5.92 Å². The molecule has 4 rings (SSSR count). The molecule has 2 aliphatic heterocycles. The smallest absolute Gasteiger partial charge is 0.310 e. The molecule has 0 aliphatic carbocycles. The Balaban J connectivity index is 1.41. The number of aryl methyl sites for hydroxylation is 1. The van der Waals surface area contributed by atoms with Crippen molar-refractivity contribution < 1.29 is 19.1 Å². The van der Waals surface area contributed by atoms with E-state index in [4.69, 9.17) is 14.7 Å². The van der Waals surface area contributed by atoms with Crippen LogP contribution in [0.1, 0.15) is 53.9 Å². The van der Waals surface area contributed by atoms with Crippen LogP contribution in [0.25, 0.3) is 0 Å². The first kappa shape index (κ1) is 27.9. The molecule has 3 heterocycles. The topological polar surface area (TPSA) is 95.9 Å². The number of esters is 1. The van der Waals surface area contributed by atoms with Crippen molar-refractivity contribution in [3.63, 3.8) is 0 Å². The van der Waals surface area contributed by atoms with Crippen LogP contribution in [0.2, 0.25) is 0 Å². The van der Waals surface area contributed by atoms with Gasteiger partial charge in [0.15, 0.2) is 5.16 Å². The highest BCUT2D eigenvalue weighted by Crippen LogP contribution is 2.27. The fraction of sp³-hybridized carbons (Fsp3) is 0.536. The van der Waals surface area contributed by atoms with Gasteiger partial charge in [-0.05, 0) is 51.3 Å². The van der Waals surface area contributed by atoms with Gasteiger partial charge in [0, 0.05) is 68.8 Å². The molecule has 2 aliphatic rings. The Kier molecular flexibility index (Phi) is 9.25. The maximum Gasteiger partial charge on any atom is 0.310 e. The minimum absolute atomic E-state index is 0.0553. The van der Waals surface area contributed by atoms with Crippen molar-refractivity contribution in [1.29, 1.82) is 0 Å². The molecule has 204 valence electrons. The molecular weight excluding hydrogens is 502 g/mol. The molecule has 1 atom stereocenters. The summed E-state index contributed by atoms with van der Waals surface area (Å²) < 4.78 is 5.17. The predicted octanol–water partition coefficient (Wildman–Crippen LogP) is 3.47. The Morgan fingerprint density at radius 2 is 1.82 bits per heavy atom. The van der Waals surface area contributed by atoms with Gasteiger partial charge in [0.2, 0.25) is 5.91 Å². The molecule has 0 spiro atoms. The van der Waals surface area contributed by atoms with Crippen molar-refractivity contribution in [1.82, 2.24) is 19.8 Å². The molecule has 1 aromatic carbocycles. The largest absolute Gasteiger partial charge is 0.466 e. The number of piperazine rings is 1. The normalized spacial score (nSPS) is 17.9. The highest BCUT2D eigenvalue weighted by Gasteiger charge is 2.30. The monoisotopic (exact) mass is 539 g/mol. The average Bonchev–Trinajstić information content (AvgIpc) is 2.93. The summed E-state index contributed by atoms with van der Waals surface area (Å²) >= 11 is 1.55. The number of hydrogen-bond acceptors (Lipinski definition) is 8.